The van der Waals surface area contributed by atoms with Crippen LogP contribution in [0.2, 0.25) is 0 Å². The van der Waals surface area contributed by atoms with Gasteiger partial charge in [0.15, 0.2) is 0 Å². The number of aliphatic hydroxyl groups is 2. The van der Waals surface area contributed by atoms with Crippen LogP contribution in [0, 0.1) is 0 Å². The zero-order valence-corrected chi connectivity index (χ0v) is 14.0. The molecule has 0 aliphatic carbocycles. The third-order valence-electron chi connectivity index (χ3n) is 3.12. The third kappa shape index (κ3) is 7.24. The molecule has 0 saturated carbocycles. The number of rotatable bonds is 9. The molecule has 0 saturated heterocycles. The quantitative estimate of drug-likeness (QED) is 0.460. The standard InChI is InChI=1S/C15H18F3N3O3S/c16-15(17,18)24-11-5-3-4-10(8-11)9-12(23)19-14-21-20-13(25-14)6-1-2-7-22/h3-5,8,12,22-23H,1-2,6-7,9H2,(H,19,21). The minimum atomic E-state index is -4.76. The first-order valence-corrected chi connectivity index (χ1v) is 8.40. The molecule has 10 heteroatoms. The maximum Gasteiger partial charge on any atom is 0.573 e. The van der Waals surface area contributed by atoms with E-state index in [1.54, 1.807) is 6.07 Å². The van der Waals surface area contributed by atoms with Crippen molar-refractivity contribution in [3.05, 3.63) is 34.8 Å². The Labute approximate surface area is 146 Å². The Hall–Kier alpha value is -1.91. The highest BCUT2D eigenvalue weighted by Gasteiger charge is 2.31. The number of alkyl halides is 3. The second-order valence-corrected chi connectivity index (χ2v) is 6.30. The summed E-state index contributed by atoms with van der Waals surface area (Å²) in [6, 6.07) is 5.43. The minimum Gasteiger partial charge on any atom is -0.406 e. The highest BCUT2D eigenvalue weighted by Crippen LogP contribution is 2.24. The maximum absolute atomic E-state index is 12.2. The average molecular weight is 377 g/mol. The summed E-state index contributed by atoms with van der Waals surface area (Å²) in [5, 5.41) is 30.6. The SMILES string of the molecule is OCCCCc1nnc(NC(O)Cc2cccc(OC(F)(F)F)c2)s1. The van der Waals surface area contributed by atoms with Crippen molar-refractivity contribution in [1.82, 2.24) is 10.2 Å². The van der Waals surface area contributed by atoms with E-state index in [-0.39, 0.29) is 18.8 Å². The number of nitrogens with zero attached hydrogens (tertiary/aromatic N) is 2. The van der Waals surface area contributed by atoms with Crippen LogP contribution in [0.15, 0.2) is 24.3 Å². The molecular weight excluding hydrogens is 359 g/mol. The van der Waals surface area contributed by atoms with E-state index in [1.165, 1.54) is 29.5 Å². The summed E-state index contributed by atoms with van der Waals surface area (Å²) in [4.78, 5) is 0. The maximum atomic E-state index is 12.2. The van der Waals surface area contributed by atoms with Gasteiger partial charge in [-0.1, -0.05) is 23.5 Å². The fourth-order valence-corrected chi connectivity index (χ4v) is 2.92. The lowest BCUT2D eigenvalue weighted by molar-refractivity contribution is -0.274. The smallest absolute Gasteiger partial charge is 0.406 e. The number of hydrogen-bond acceptors (Lipinski definition) is 7. The molecule has 0 amide bonds. The van der Waals surface area contributed by atoms with Gasteiger partial charge >= 0.3 is 6.36 Å². The second kappa shape index (κ2) is 8.97. The molecule has 1 atom stereocenters. The van der Waals surface area contributed by atoms with Crippen LogP contribution in [0.3, 0.4) is 0 Å². The van der Waals surface area contributed by atoms with E-state index < -0.39 is 12.6 Å². The number of unbranched alkanes of at least 4 members (excludes halogenated alkanes) is 1. The summed E-state index contributed by atoms with van der Waals surface area (Å²) < 4.78 is 40.5. The molecule has 0 fully saturated rings. The number of anilines is 1. The number of ether oxygens (including phenoxy) is 1. The molecule has 138 valence electrons. The van der Waals surface area contributed by atoms with Crippen LogP contribution in [0.4, 0.5) is 18.3 Å². The van der Waals surface area contributed by atoms with Gasteiger partial charge in [-0.05, 0) is 30.5 Å². The highest BCUT2D eigenvalue weighted by atomic mass is 32.1. The Morgan fingerprint density at radius 3 is 2.76 bits per heavy atom. The van der Waals surface area contributed by atoms with E-state index in [0.29, 0.717) is 23.5 Å². The number of benzene rings is 1. The van der Waals surface area contributed by atoms with Crippen molar-refractivity contribution < 1.29 is 28.1 Å². The number of aromatic nitrogens is 2. The van der Waals surface area contributed by atoms with Crippen LogP contribution in [-0.2, 0) is 12.8 Å². The normalized spacial score (nSPS) is 12.8. The van der Waals surface area contributed by atoms with E-state index >= 15 is 0 Å². The fourth-order valence-electron chi connectivity index (χ4n) is 2.09. The van der Waals surface area contributed by atoms with E-state index in [1.807, 2.05) is 0 Å². The van der Waals surface area contributed by atoms with Gasteiger partial charge < -0.3 is 20.3 Å². The van der Waals surface area contributed by atoms with Crippen molar-refractivity contribution in [3.63, 3.8) is 0 Å². The van der Waals surface area contributed by atoms with Crippen molar-refractivity contribution in [2.75, 3.05) is 11.9 Å². The number of aryl methyl sites for hydroxylation is 1. The molecule has 0 aliphatic rings. The van der Waals surface area contributed by atoms with Crippen LogP contribution in [0.1, 0.15) is 23.4 Å². The summed E-state index contributed by atoms with van der Waals surface area (Å²) in [7, 11) is 0. The first-order chi connectivity index (χ1) is 11.9. The third-order valence-corrected chi connectivity index (χ3v) is 4.03. The van der Waals surface area contributed by atoms with Crippen LogP contribution < -0.4 is 10.1 Å². The molecule has 2 rings (SSSR count). The van der Waals surface area contributed by atoms with Gasteiger partial charge in [0.05, 0.1) is 0 Å². The number of halogens is 3. The summed E-state index contributed by atoms with van der Waals surface area (Å²) in [6.45, 7) is 0.125. The topological polar surface area (TPSA) is 87.5 Å². The molecule has 1 unspecified atom stereocenters. The van der Waals surface area contributed by atoms with Crippen LogP contribution in [0.5, 0.6) is 5.75 Å². The lowest BCUT2D eigenvalue weighted by Gasteiger charge is -2.13. The van der Waals surface area contributed by atoms with Gasteiger partial charge in [0.25, 0.3) is 0 Å². The molecule has 0 aliphatic heterocycles. The molecule has 0 bridgehead atoms. The Bertz CT molecular complexity index is 667. The number of hydrogen-bond donors (Lipinski definition) is 3. The molecule has 25 heavy (non-hydrogen) atoms. The first kappa shape index (κ1) is 19.4. The van der Waals surface area contributed by atoms with Gasteiger partial charge in [0.1, 0.15) is 17.0 Å². The Kier molecular flexibility index (Phi) is 6.97. The van der Waals surface area contributed by atoms with Crippen LogP contribution in [0.25, 0.3) is 0 Å². The number of aliphatic hydroxyl groups excluding tert-OH is 2. The van der Waals surface area contributed by atoms with Gasteiger partial charge in [-0.25, -0.2) is 0 Å². The predicted octanol–water partition coefficient (Wildman–Crippen LogP) is 2.72. The zero-order chi connectivity index (χ0) is 18.3. The summed E-state index contributed by atoms with van der Waals surface area (Å²) >= 11 is 1.28. The largest absolute Gasteiger partial charge is 0.573 e. The van der Waals surface area contributed by atoms with Gasteiger partial charge in [-0.3, -0.25) is 0 Å². The molecular formula is C15H18F3N3O3S. The van der Waals surface area contributed by atoms with Gasteiger partial charge in [-0.2, -0.15) is 0 Å². The van der Waals surface area contributed by atoms with E-state index in [2.05, 4.69) is 20.3 Å². The van der Waals surface area contributed by atoms with Gasteiger partial charge in [-0.15, -0.1) is 23.4 Å². The summed E-state index contributed by atoms with van der Waals surface area (Å²) in [5.74, 6) is -0.334. The van der Waals surface area contributed by atoms with Crippen LogP contribution >= 0.6 is 11.3 Å². The van der Waals surface area contributed by atoms with Gasteiger partial charge in [0.2, 0.25) is 5.13 Å². The second-order valence-electron chi connectivity index (χ2n) is 5.24. The molecule has 0 spiro atoms. The van der Waals surface area contributed by atoms with E-state index in [4.69, 9.17) is 5.11 Å². The zero-order valence-electron chi connectivity index (χ0n) is 13.2. The van der Waals surface area contributed by atoms with Crippen LogP contribution in [-0.4, -0.2) is 39.6 Å². The van der Waals surface area contributed by atoms with Gasteiger partial charge in [0, 0.05) is 19.4 Å². The molecule has 2 aromatic rings. The Morgan fingerprint density at radius 1 is 1.24 bits per heavy atom. The summed E-state index contributed by atoms with van der Waals surface area (Å²) in [5.41, 5.74) is 0.481. The molecule has 6 nitrogen and oxygen atoms in total. The van der Waals surface area contributed by atoms with Crippen molar-refractivity contribution in [2.24, 2.45) is 0 Å². The monoisotopic (exact) mass is 377 g/mol. The lowest BCUT2D eigenvalue weighted by Crippen LogP contribution is -2.21. The van der Waals surface area contributed by atoms with Crippen molar-refractivity contribution in [2.45, 2.75) is 38.3 Å². The average Bonchev–Trinajstić information content (AvgIpc) is 2.93. The van der Waals surface area contributed by atoms with Crippen molar-refractivity contribution in [1.29, 1.82) is 0 Å². The minimum absolute atomic E-state index is 0.0779. The van der Waals surface area contributed by atoms with Crippen molar-refractivity contribution in [3.8, 4) is 5.75 Å². The molecule has 3 N–H and O–H groups in total. The Morgan fingerprint density at radius 2 is 2.04 bits per heavy atom. The molecule has 1 heterocycles. The first-order valence-electron chi connectivity index (χ1n) is 7.58. The van der Waals surface area contributed by atoms with E-state index in [9.17, 15) is 18.3 Å². The summed E-state index contributed by atoms with van der Waals surface area (Å²) in [6.07, 6.45) is -3.55. The predicted molar refractivity (Wildman–Crippen MR) is 86.4 cm³/mol. The number of nitrogens with one attached hydrogen (secondary N) is 1. The fraction of sp³-hybridized carbons (Fsp3) is 0.467. The molecule has 1 aromatic carbocycles. The Balaban J connectivity index is 1.87. The molecule has 1 aromatic heterocycles. The highest BCUT2D eigenvalue weighted by molar-refractivity contribution is 7.15. The van der Waals surface area contributed by atoms with Crippen molar-refractivity contribution >= 4 is 16.5 Å². The van der Waals surface area contributed by atoms with E-state index in [0.717, 1.165) is 11.4 Å². The molecule has 0 radical (unpaired) electrons. The lowest BCUT2D eigenvalue weighted by atomic mass is 10.1.